The summed E-state index contributed by atoms with van der Waals surface area (Å²) in [5, 5.41) is 7.66. The van der Waals surface area contributed by atoms with Gasteiger partial charge in [-0.2, -0.15) is 5.10 Å². The topological polar surface area (TPSA) is 63.9 Å². The lowest BCUT2D eigenvalue weighted by Gasteiger charge is -2.34. The van der Waals surface area contributed by atoms with Crippen LogP contribution >= 0.6 is 24.0 Å². The van der Waals surface area contributed by atoms with Crippen LogP contribution in [0.15, 0.2) is 17.4 Å². The standard InChI is InChI=1S/C18H31N5O2.HI/c1-3-19-18(20-7-4-9-24-14-15-5-6-15)23-8-10-25-17(13-23)16-11-21-22(2)12-16;/h11-12,15,17H,3-10,13-14H2,1-2H3,(H,19,20);1H. The van der Waals surface area contributed by atoms with Crippen LogP contribution in [0.25, 0.3) is 0 Å². The highest BCUT2D eigenvalue weighted by molar-refractivity contribution is 14.0. The van der Waals surface area contributed by atoms with Gasteiger partial charge < -0.3 is 19.7 Å². The maximum Gasteiger partial charge on any atom is 0.194 e. The third kappa shape index (κ3) is 6.70. The Labute approximate surface area is 173 Å². The molecule has 148 valence electrons. The molecule has 2 fully saturated rings. The highest BCUT2D eigenvalue weighted by Crippen LogP contribution is 2.28. The van der Waals surface area contributed by atoms with Gasteiger partial charge in [0.25, 0.3) is 0 Å². The highest BCUT2D eigenvalue weighted by atomic mass is 127. The van der Waals surface area contributed by atoms with Gasteiger partial charge in [0.1, 0.15) is 6.10 Å². The summed E-state index contributed by atoms with van der Waals surface area (Å²) in [4.78, 5) is 7.07. The number of guanidine groups is 1. The molecule has 1 aliphatic carbocycles. The molecule has 7 nitrogen and oxygen atoms in total. The number of aliphatic imine (C=N–C) groups is 1. The van der Waals surface area contributed by atoms with Crippen molar-refractivity contribution in [3.63, 3.8) is 0 Å². The quantitative estimate of drug-likeness (QED) is 0.269. The molecular formula is C18H32IN5O2. The zero-order valence-corrected chi connectivity index (χ0v) is 18.2. The van der Waals surface area contributed by atoms with Crippen molar-refractivity contribution in [3.05, 3.63) is 18.0 Å². The number of hydrogen-bond donors (Lipinski definition) is 1. The minimum atomic E-state index is 0. The normalized spacial score (nSPS) is 20.8. The molecule has 0 bridgehead atoms. The number of nitrogens with zero attached hydrogens (tertiary/aromatic N) is 4. The molecule has 2 heterocycles. The first kappa shape index (κ1) is 21.4. The average molecular weight is 477 g/mol. The molecular weight excluding hydrogens is 445 g/mol. The number of aryl methyl sites for hydroxylation is 1. The van der Waals surface area contributed by atoms with Crippen LogP contribution in [-0.4, -0.2) is 66.6 Å². The van der Waals surface area contributed by atoms with E-state index in [1.54, 1.807) is 0 Å². The summed E-state index contributed by atoms with van der Waals surface area (Å²) in [7, 11) is 1.93. The Morgan fingerprint density at radius 1 is 1.46 bits per heavy atom. The SMILES string of the molecule is CCNC(=NCCCOCC1CC1)N1CCOC(c2cnn(C)c2)C1.I. The van der Waals surface area contributed by atoms with Crippen molar-refractivity contribution in [2.45, 2.75) is 32.3 Å². The first-order valence-electron chi connectivity index (χ1n) is 9.47. The second-order valence-corrected chi connectivity index (χ2v) is 6.86. The number of rotatable bonds is 8. The summed E-state index contributed by atoms with van der Waals surface area (Å²) in [5.74, 6) is 1.81. The largest absolute Gasteiger partial charge is 0.381 e. The van der Waals surface area contributed by atoms with E-state index in [4.69, 9.17) is 14.5 Å². The van der Waals surface area contributed by atoms with Gasteiger partial charge in [0.05, 0.1) is 19.3 Å². The molecule has 0 radical (unpaired) electrons. The van der Waals surface area contributed by atoms with Crippen LogP contribution in [0.5, 0.6) is 0 Å². The fourth-order valence-corrected chi connectivity index (χ4v) is 2.96. The van der Waals surface area contributed by atoms with E-state index in [2.05, 4.69) is 22.2 Å². The van der Waals surface area contributed by atoms with E-state index in [-0.39, 0.29) is 30.1 Å². The molecule has 0 aromatic carbocycles. The molecule has 1 aromatic rings. The van der Waals surface area contributed by atoms with Crippen LogP contribution in [-0.2, 0) is 16.5 Å². The summed E-state index contributed by atoms with van der Waals surface area (Å²) in [6, 6.07) is 0. The van der Waals surface area contributed by atoms with Crippen LogP contribution in [0.2, 0.25) is 0 Å². The molecule has 8 heteroatoms. The molecule has 0 amide bonds. The minimum absolute atomic E-state index is 0. The molecule has 26 heavy (non-hydrogen) atoms. The van der Waals surface area contributed by atoms with E-state index < -0.39 is 0 Å². The number of hydrogen-bond acceptors (Lipinski definition) is 4. The van der Waals surface area contributed by atoms with E-state index in [0.717, 1.165) is 63.3 Å². The van der Waals surface area contributed by atoms with Gasteiger partial charge >= 0.3 is 0 Å². The van der Waals surface area contributed by atoms with E-state index in [1.807, 2.05) is 24.1 Å². The van der Waals surface area contributed by atoms with Gasteiger partial charge in [-0.1, -0.05) is 0 Å². The number of aromatic nitrogens is 2. The van der Waals surface area contributed by atoms with Gasteiger partial charge in [0.15, 0.2) is 5.96 Å². The summed E-state index contributed by atoms with van der Waals surface area (Å²) < 4.78 is 13.4. The Morgan fingerprint density at radius 2 is 2.31 bits per heavy atom. The maximum atomic E-state index is 5.92. The summed E-state index contributed by atoms with van der Waals surface area (Å²) in [5.41, 5.74) is 1.12. The molecule has 1 atom stereocenters. The lowest BCUT2D eigenvalue weighted by atomic mass is 10.1. The van der Waals surface area contributed by atoms with Crippen LogP contribution in [0, 0.1) is 5.92 Å². The second kappa shape index (κ2) is 11.1. The van der Waals surface area contributed by atoms with Crippen molar-refractivity contribution in [1.29, 1.82) is 0 Å². The second-order valence-electron chi connectivity index (χ2n) is 6.86. The fraction of sp³-hybridized carbons (Fsp3) is 0.778. The van der Waals surface area contributed by atoms with Gasteiger partial charge in [0.2, 0.25) is 0 Å². The van der Waals surface area contributed by atoms with Gasteiger partial charge in [-0.05, 0) is 32.1 Å². The van der Waals surface area contributed by atoms with Crippen molar-refractivity contribution in [2.75, 3.05) is 46.0 Å². The Balaban J connectivity index is 0.00000243. The fourth-order valence-electron chi connectivity index (χ4n) is 2.96. The number of halogens is 1. The highest BCUT2D eigenvalue weighted by Gasteiger charge is 2.25. The predicted octanol–water partition coefficient (Wildman–Crippen LogP) is 2.19. The van der Waals surface area contributed by atoms with Crippen LogP contribution in [0.4, 0.5) is 0 Å². The Bertz CT molecular complexity index is 562. The van der Waals surface area contributed by atoms with Crippen LogP contribution < -0.4 is 5.32 Å². The molecule has 1 N–H and O–H groups in total. The van der Waals surface area contributed by atoms with Gasteiger partial charge in [-0.25, -0.2) is 0 Å². The average Bonchev–Trinajstić information content (AvgIpc) is 3.35. The summed E-state index contributed by atoms with van der Waals surface area (Å²) >= 11 is 0. The third-order valence-corrected chi connectivity index (χ3v) is 4.56. The first-order chi connectivity index (χ1) is 12.3. The van der Waals surface area contributed by atoms with E-state index in [0.29, 0.717) is 6.61 Å². The van der Waals surface area contributed by atoms with Gasteiger partial charge in [0, 0.05) is 51.7 Å². The van der Waals surface area contributed by atoms with Gasteiger partial charge in [-0.15, -0.1) is 24.0 Å². The van der Waals surface area contributed by atoms with Crippen molar-refractivity contribution in [1.82, 2.24) is 20.0 Å². The molecule has 0 spiro atoms. The molecule has 1 unspecified atom stereocenters. The van der Waals surface area contributed by atoms with E-state index in [9.17, 15) is 0 Å². The van der Waals surface area contributed by atoms with E-state index >= 15 is 0 Å². The number of nitrogens with one attached hydrogen (secondary N) is 1. The van der Waals surface area contributed by atoms with E-state index in [1.165, 1.54) is 12.8 Å². The minimum Gasteiger partial charge on any atom is -0.381 e. The molecule has 3 rings (SSSR count). The summed E-state index contributed by atoms with van der Waals surface area (Å²) in [6.45, 7) is 7.87. The Kier molecular flexibility index (Phi) is 9.13. The summed E-state index contributed by atoms with van der Waals surface area (Å²) in [6.07, 6.45) is 7.62. The van der Waals surface area contributed by atoms with Crippen molar-refractivity contribution < 1.29 is 9.47 Å². The smallest absolute Gasteiger partial charge is 0.194 e. The molecule has 1 aliphatic heterocycles. The molecule has 1 aromatic heterocycles. The first-order valence-corrected chi connectivity index (χ1v) is 9.47. The number of ether oxygens (including phenoxy) is 2. The Morgan fingerprint density at radius 3 is 3.00 bits per heavy atom. The lowest BCUT2D eigenvalue weighted by molar-refractivity contribution is -0.00805. The number of morpholine rings is 1. The molecule has 2 aliphatic rings. The zero-order chi connectivity index (χ0) is 17.5. The monoisotopic (exact) mass is 477 g/mol. The molecule has 1 saturated heterocycles. The van der Waals surface area contributed by atoms with Crippen LogP contribution in [0.1, 0.15) is 37.9 Å². The lowest BCUT2D eigenvalue weighted by Crippen LogP contribution is -2.48. The zero-order valence-electron chi connectivity index (χ0n) is 15.9. The van der Waals surface area contributed by atoms with Crippen molar-refractivity contribution >= 4 is 29.9 Å². The van der Waals surface area contributed by atoms with Gasteiger partial charge in [-0.3, -0.25) is 9.67 Å². The predicted molar refractivity (Wildman–Crippen MR) is 113 cm³/mol. The maximum absolute atomic E-state index is 5.92. The third-order valence-electron chi connectivity index (χ3n) is 4.56. The van der Waals surface area contributed by atoms with Crippen molar-refractivity contribution in [3.8, 4) is 0 Å². The Hall–Kier alpha value is -0.870. The molecule has 1 saturated carbocycles. The van der Waals surface area contributed by atoms with Crippen molar-refractivity contribution in [2.24, 2.45) is 18.0 Å². The van der Waals surface area contributed by atoms with Crippen LogP contribution in [0.3, 0.4) is 0 Å².